The Balaban J connectivity index is 1.78. The predicted molar refractivity (Wildman–Crippen MR) is 90.8 cm³/mol. The molecule has 122 valence electrons. The van der Waals surface area contributed by atoms with Gasteiger partial charge in [-0.05, 0) is 35.7 Å². The molecule has 0 heterocycles. The van der Waals surface area contributed by atoms with Crippen LogP contribution in [0, 0.1) is 6.92 Å². The summed E-state index contributed by atoms with van der Waals surface area (Å²) in [7, 11) is 0. The molecule has 4 nitrogen and oxygen atoms in total. The highest BCUT2D eigenvalue weighted by molar-refractivity contribution is 5.66. The fraction of sp³-hybridized carbons (Fsp3) is 0.316. The lowest BCUT2D eigenvalue weighted by molar-refractivity contribution is -0.136. The van der Waals surface area contributed by atoms with E-state index in [9.17, 15) is 4.79 Å². The predicted octanol–water partition coefficient (Wildman–Crippen LogP) is 3.18. The Bertz CT molecular complexity index is 640. The molecular formula is C19H23NO3. The summed E-state index contributed by atoms with van der Waals surface area (Å²) < 4.78 is 5.83. The molecule has 0 bridgehead atoms. The van der Waals surface area contributed by atoms with Gasteiger partial charge in [-0.3, -0.25) is 4.79 Å². The number of carbonyl (C=O) groups is 1. The number of rotatable bonds is 9. The summed E-state index contributed by atoms with van der Waals surface area (Å²) in [6, 6.07) is 16.2. The normalized spacial score (nSPS) is 10.5. The third kappa shape index (κ3) is 6.12. The summed E-state index contributed by atoms with van der Waals surface area (Å²) in [5, 5.41) is 11.7. The van der Waals surface area contributed by atoms with Crippen molar-refractivity contribution in [3.63, 3.8) is 0 Å². The molecule has 0 unspecified atom stereocenters. The zero-order valence-corrected chi connectivity index (χ0v) is 13.4. The molecule has 0 saturated carbocycles. The average molecular weight is 313 g/mol. The second-order valence-electron chi connectivity index (χ2n) is 5.49. The number of ether oxygens (including phenoxy) is 1. The van der Waals surface area contributed by atoms with E-state index in [4.69, 9.17) is 9.84 Å². The Hall–Kier alpha value is -2.33. The molecule has 0 aliphatic rings. The van der Waals surface area contributed by atoms with Crippen molar-refractivity contribution in [2.24, 2.45) is 0 Å². The maximum atomic E-state index is 10.5. The quantitative estimate of drug-likeness (QED) is 0.698. The van der Waals surface area contributed by atoms with E-state index in [0.29, 0.717) is 19.7 Å². The average Bonchev–Trinajstić information content (AvgIpc) is 2.54. The zero-order chi connectivity index (χ0) is 16.5. The number of hydrogen-bond acceptors (Lipinski definition) is 3. The summed E-state index contributed by atoms with van der Waals surface area (Å²) in [5.74, 6) is 0.0573. The fourth-order valence-electron chi connectivity index (χ4n) is 2.34. The first-order valence-electron chi connectivity index (χ1n) is 7.84. The van der Waals surface area contributed by atoms with Crippen molar-refractivity contribution >= 4 is 5.97 Å². The van der Waals surface area contributed by atoms with Crippen LogP contribution in [0.25, 0.3) is 0 Å². The molecule has 2 aromatic rings. The molecule has 0 aromatic heterocycles. The van der Waals surface area contributed by atoms with Gasteiger partial charge in [0.25, 0.3) is 0 Å². The Labute approximate surface area is 137 Å². The van der Waals surface area contributed by atoms with Gasteiger partial charge in [0.1, 0.15) is 5.75 Å². The van der Waals surface area contributed by atoms with Crippen molar-refractivity contribution in [1.29, 1.82) is 0 Å². The van der Waals surface area contributed by atoms with Crippen molar-refractivity contribution in [3.8, 4) is 5.75 Å². The lowest BCUT2D eigenvalue weighted by atomic mass is 10.1. The molecule has 23 heavy (non-hydrogen) atoms. The van der Waals surface area contributed by atoms with Gasteiger partial charge in [-0.1, -0.05) is 36.4 Å². The van der Waals surface area contributed by atoms with Gasteiger partial charge in [-0.15, -0.1) is 0 Å². The SMILES string of the molecule is Cc1ccccc1CCOc1cccc(CNCCC(=O)O)c1. The molecule has 4 heteroatoms. The maximum absolute atomic E-state index is 10.5. The minimum Gasteiger partial charge on any atom is -0.493 e. The molecular weight excluding hydrogens is 290 g/mol. The number of nitrogens with one attached hydrogen (secondary N) is 1. The van der Waals surface area contributed by atoms with Crippen LogP contribution < -0.4 is 10.1 Å². The van der Waals surface area contributed by atoms with Gasteiger partial charge in [0.15, 0.2) is 0 Å². The maximum Gasteiger partial charge on any atom is 0.304 e. The van der Waals surface area contributed by atoms with Crippen LogP contribution in [0.3, 0.4) is 0 Å². The monoisotopic (exact) mass is 313 g/mol. The first-order chi connectivity index (χ1) is 11.1. The lowest BCUT2D eigenvalue weighted by Crippen LogP contribution is -2.17. The van der Waals surface area contributed by atoms with Gasteiger partial charge < -0.3 is 15.2 Å². The van der Waals surface area contributed by atoms with Gasteiger partial charge >= 0.3 is 5.97 Å². The first-order valence-corrected chi connectivity index (χ1v) is 7.84. The minimum absolute atomic E-state index is 0.132. The van der Waals surface area contributed by atoms with Crippen LogP contribution in [0.1, 0.15) is 23.1 Å². The zero-order valence-electron chi connectivity index (χ0n) is 13.4. The molecule has 0 radical (unpaired) electrons. The number of aliphatic carboxylic acids is 1. The summed E-state index contributed by atoms with van der Waals surface area (Å²) >= 11 is 0. The van der Waals surface area contributed by atoms with Crippen LogP contribution in [0.15, 0.2) is 48.5 Å². The number of carboxylic acids is 1. The second-order valence-corrected chi connectivity index (χ2v) is 5.49. The molecule has 0 aliphatic heterocycles. The number of carboxylic acid groups (broad SMARTS) is 1. The molecule has 2 N–H and O–H groups in total. The van der Waals surface area contributed by atoms with Crippen LogP contribution in [-0.2, 0) is 17.8 Å². The highest BCUT2D eigenvalue weighted by Gasteiger charge is 2.01. The standard InChI is InChI=1S/C19H23NO3/c1-15-5-2-3-7-17(15)10-12-23-18-8-4-6-16(13-18)14-20-11-9-19(21)22/h2-8,13,20H,9-12,14H2,1H3,(H,21,22). The van der Waals surface area contributed by atoms with Crippen molar-refractivity contribution in [2.45, 2.75) is 26.3 Å². The van der Waals surface area contributed by atoms with Gasteiger partial charge in [-0.2, -0.15) is 0 Å². The van der Waals surface area contributed by atoms with Crippen molar-refractivity contribution in [1.82, 2.24) is 5.32 Å². The van der Waals surface area contributed by atoms with E-state index in [1.165, 1.54) is 11.1 Å². The Kier molecular flexibility index (Phi) is 6.63. The van der Waals surface area contributed by atoms with Gasteiger partial charge in [0, 0.05) is 19.5 Å². The van der Waals surface area contributed by atoms with Crippen LogP contribution in [0.4, 0.5) is 0 Å². The van der Waals surface area contributed by atoms with Crippen LogP contribution in [-0.4, -0.2) is 24.2 Å². The Morgan fingerprint density at radius 3 is 2.78 bits per heavy atom. The van der Waals surface area contributed by atoms with E-state index in [2.05, 4.69) is 24.4 Å². The molecule has 2 aromatic carbocycles. The van der Waals surface area contributed by atoms with E-state index >= 15 is 0 Å². The van der Waals surface area contributed by atoms with Gasteiger partial charge in [0.2, 0.25) is 0 Å². The molecule has 0 spiro atoms. The third-order valence-corrected chi connectivity index (χ3v) is 3.64. The van der Waals surface area contributed by atoms with Crippen molar-refractivity contribution in [3.05, 3.63) is 65.2 Å². The summed E-state index contributed by atoms with van der Waals surface area (Å²) in [6.45, 7) is 3.86. The van der Waals surface area contributed by atoms with Crippen LogP contribution in [0.5, 0.6) is 5.75 Å². The second kappa shape index (κ2) is 8.96. The van der Waals surface area contributed by atoms with E-state index in [1.54, 1.807) is 0 Å². The third-order valence-electron chi connectivity index (χ3n) is 3.64. The highest BCUT2D eigenvalue weighted by Crippen LogP contribution is 2.14. The van der Waals surface area contributed by atoms with Gasteiger partial charge in [0.05, 0.1) is 13.0 Å². The first kappa shape index (κ1) is 17.0. The summed E-state index contributed by atoms with van der Waals surface area (Å²) in [5.41, 5.74) is 3.68. The van der Waals surface area contributed by atoms with E-state index in [1.807, 2.05) is 36.4 Å². The molecule has 0 amide bonds. The topological polar surface area (TPSA) is 58.6 Å². The summed E-state index contributed by atoms with van der Waals surface area (Å²) in [6.07, 6.45) is 1.01. The number of benzene rings is 2. The Morgan fingerprint density at radius 2 is 2.00 bits per heavy atom. The highest BCUT2D eigenvalue weighted by atomic mass is 16.5. The van der Waals surface area contributed by atoms with Crippen LogP contribution >= 0.6 is 0 Å². The number of aryl methyl sites for hydroxylation is 1. The molecule has 0 atom stereocenters. The van der Waals surface area contributed by atoms with Crippen molar-refractivity contribution in [2.75, 3.05) is 13.2 Å². The van der Waals surface area contributed by atoms with E-state index in [-0.39, 0.29) is 6.42 Å². The minimum atomic E-state index is -0.786. The largest absolute Gasteiger partial charge is 0.493 e. The smallest absolute Gasteiger partial charge is 0.304 e. The number of hydrogen-bond donors (Lipinski definition) is 2. The van der Waals surface area contributed by atoms with Gasteiger partial charge in [-0.25, -0.2) is 0 Å². The Morgan fingerprint density at radius 1 is 1.17 bits per heavy atom. The van der Waals surface area contributed by atoms with Crippen LogP contribution in [0.2, 0.25) is 0 Å². The molecule has 0 aliphatic carbocycles. The lowest BCUT2D eigenvalue weighted by Gasteiger charge is -2.10. The fourth-order valence-corrected chi connectivity index (χ4v) is 2.34. The molecule has 2 rings (SSSR count). The van der Waals surface area contributed by atoms with E-state index in [0.717, 1.165) is 17.7 Å². The van der Waals surface area contributed by atoms with E-state index < -0.39 is 5.97 Å². The molecule has 0 fully saturated rings. The molecule has 0 saturated heterocycles. The van der Waals surface area contributed by atoms with Crippen molar-refractivity contribution < 1.29 is 14.6 Å². The summed E-state index contributed by atoms with van der Waals surface area (Å²) in [4.78, 5) is 10.5.